The van der Waals surface area contributed by atoms with Crippen molar-refractivity contribution < 1.29 is 14.3 Å². The van der Waals surface area contributed by atoms with Crippen molar-refractivity contribution >= 4 is 39.4 Å². The number of para-hydroxylation sites is 1. The lowest BCUT2D eigenvalue weighted by molar-refractivity contribution is -0.123. The number of rotatable bonds is 12. The van der Waals surface area contributed by atoms with E-state index >= 15 is 0 Å². The molecule has 3 heterocycles. The highest BCUT2D eigenvalue weighted by molar-refractivity contribution is 7.99. The third-order valence-corrected chi connectivity index (χ3v) is 10.3. The average Bonchev–Trinajstić information content (AvgIpc) is 3.81. The van der Waals surface area contributed by atoms with Gasteiger partial charge in [0.15, 0.2) is 0 Å². The fraction of sp³-hybridized carbons (Fsp3) is 0.464. The van der Waals surface area contributed by atoms with Gasteiger partial charge in [-0.15, -0.1) is 4.80 Å². The number of aryl methyl sites for hydroxylation is 3. The summed E-state index contributed by atoms with van der Waals surface area (Å²) in [5.74, 6) is 0.425. The van der Waals surface area contributed by atoms with Crippen LogP contribution in [0.5, 0.6) is 5.75 Å². The summed E-state index contributed by atoms with van der Waals surface area (Å²) >= 11 is 2.69. The number of fused-ring (bicyclic) bond motifs is 1. The molecule has 0 bridgehead atoms. The zero-order valence-electron chi connectivity index (χ0n) is 23.2. The summed E-state index contributed by atoms with van der Waals surface area (Å²) in [4.78, 5) is 43.8. The molecule has 0 radical (unpaired) electrons. The summed E-state index contributed by atoms with van der Waals surface area (Å²) < 4.78 is 16.8. The molecule has 1 amide bonds. The number of aromatic nitrogens is 5. The normalized spacial score (nSPS) is 16.6. The van der Waals surface area contributed by atoms with Crippen molar-refractivity contribution in [3.05, 3.63) is 68.6 Å². The number of hydrogen-bond donors (Lipinski definition) is 1. The zero-order chi connectivity index (χ0) is 28.8. The third-order valence-electron chi connectivity index (χ3n) is 7.83. The molecule has 6 rings (SSSR count). The van der Waals surface area contributed by atoms with Gasteiger partial charge in [0, 0.05) is 24.0 Å². The van der Waals surface area contributed by atoms with Crippen LogP contribution in [0.2, 0.25) is 0 Å². The number of benzene rings is 1. The summed E-state index contributed by atoms with van der Waals surface area (Å²) in [5.41, 5.74) is -0.532. The number of hydrogen-bond acceptors (Lipinski definition) is 9. The van der Waals surface area contributed by atoms with Crippen LogP contribution in [0.15, 0.2) is 46.2 Å². The van der Waals surface area contributed by atoms with Gasteiger partial charge in [0.25, 0.3) is 11.5 Å². The van der Waals surface area contributed by atoms with Crippen molar-refractivity contribution in [2.24, 2.45) is 0 Å². The van der Waals surface area contributed by atoms with E-state index in [2.05, 4.69) is 21.8 Å². The quantitative estimate of drug-likeness (QED) is 0.196. The van der Waals surface area contributed by atoms with E-state index in [0.717, 1.165) is 24.2 Å². The SMILES string of the molecule is COCCOc1ccccc1CCn1c(=O)n(C2(C(=O)NSC3(C)CC3)CC2)c(=O)c2c(C)c(-n3nccn3)sc21. The Bertz CT molecular complexity index is 1720. The number of carbonyl (C=O) groups is 1. The maximum Gasteiger partial charge on any atom is 0.333 e. The molecule has 3 aromatic heterocycles. The molecule has 0 saturated heterocycles. The lowest BCUT2D eigenvalue weighted by Crippen LogP contribution is -2.51. The van der Waals surface area contributed by atoms with Crippen LogP contribution in [0, 0.1) is 6.92 Å². The first-order valence-electron chi connectivity index (χ1n) is 13.6. The lowest BCUT2D eigenvalue weighted by Gasteiger charge is -2.21. The van der Waals surface area contributed by atoms with Crippen molar-refractivity contribution in [3.63, 3.8) is 0 Å². The Labute approximate surface area is 244 Å². The molecule has 1 N–H and O–H groups in total. The topological polar surface area (TPSA) is 122 Å². The van der Waals surface area contributed by atoms with E-state index in [1.54, 1.807) is 24.1 Å². The number of carbonyl (C=O) groups excluding carboxylic acids is 1. The number of methoxy groups -OCH3 is 1. The Hall–Kier alpha value is -3.42. The molecule has 0 atom stereocenters. The van der Waals surface area contributed by atoms with E-state index in [4.69, 9.17) is 9.47 Å². The van der Waals surface area contributed by atoms with Crippen LogP contribution < -0.4 is 20.7 Å². The van der Waals surface area contributed by atoms with Crippen LogP contribution in [0.4, 0.5) is 0 Å². The van der Waals surface area contributed by atoms with Gasteiger partial charge in [0.1, 0.15) is 27.7 Å². The molecule has 1 aromatic carbocycles. The molecular weight excluding hydrogens is 564 g/mol. The van der Waals surface area contributed by atoms with E-state index in [0.29, 0.717) is 53.3 Å². The number of nitrogens with one attached hydrogen (secondary N) is 1. The molecule has 4 aromatic rings. The van der Waals surface area contributed by atoms with Crippen molar-refractivity contribution in [2.75, 3.05) is 20.3 Å². The van der Waals surface area contributed by atoms with Crippen LogP contribution in [-0.2, 0) is 28.0 Å². The Morgan fingerprint density at radius 1 is 1.12 bits per heavy atom. The van der Waals surface area contributed by atoms with Gasteiger partial charge in [-0.05, 0) is 69.5 Å². The first kappa shape index (κ1) is 27.7. The van der Waals surface area contributed by atoms with Gasteiger partial charge in [0.05, 0.1) is 24.4 Å². The maximum atomic E-state index is 14.2. The standard InChI is InChI=1S/C28H32N6O5S2/c1-18-21-22(35)33(28(11-12-28)25(36)31-41-27(2)9-10-27)26(37)32(24(21)40-23(18)34-29-13-14-30-34)15-8-19-6-4-5-7-20(19)39-17-16-38-3/h4-7,13-14H,8-12,15-17H2,1-3H3,(H,31,36). The molecule has 0 unspecified atom stereocenters. The molecule has 41 heavy (non-hydrogen) atoms. The fourth-order valence-electron chi connectivity index (χ4n) is 4.95. The number of amides is 1. The second-order valence-corrected chi connectivity index (χ2v) is 13.2. The van der Waals surface area contributed by atoms with Crippen molar-refractivity contribution in [2.45, 2.75) is 62.8 Å². The molecule has 13 heteroatoms. The highest BCUT2D eigenvalue weighted by Gasteiger charge is 2.55. The van der Waals surface area contributed by atoms with Crippen LogP contribution in [0.25, 0.3) is 15.2 Å². The third kappa shape index (κ3) is 5.10. The summed E-state index contributed by atoms with van der Waals surface area (Å²) in [5, 5.41) is 9.58. The minimum absolute atomic E-state index is 0.0230. The Balaban J connectivity index is 1.43. The zero-order valence-corrected chi connectivity index (χ0v) is 24.8. The van der Waals surface area contributed by atoms with Gasteiger partial charge in [0.2, 0.25) is 0 Å². The van der Waals surface area contributed by atoms with Gasteiger partial charge in [-0.1, -0.05) is 29.5 Å². The van der Waals surface area contributed by atoms with E-state index in [1.165, 1.54) is 32.6 Å². The van der Waals surface area contributed by atoms with Crippen LogP contribution in [0.1, 0.15) is 43.7 Å². The van der Waals surface area contributed by atoms with Gasteiger partial charge < -0.3 is 9.47 Å². The number of thiophene rings is 1. The molecule has 0 aliphatic heterocycles. The highest BCUT2D eigenvalue weighted by Crippen LogP contribution is 2.48. The smallest absolute Gasteiger partial charge is 0.333 e. The van der Waals surface area contributed by atoms with E-state index in [9.17, 15) is 14.4 Å². The molecular formula is C28H32N6O5S2. The fourth-order valence-corrected chi connectivity index (χ4v) is 7.02. The van der Waals surface area contributed by atoms with Crippen LogP contribution >= 0.6 is 23.3 Å². The molecule has 2 aliphatic carbocycles. The Morgan fingerprint density at radius 2 is 1.85 bits per heavy atom. The monoisotopic (exact) mass is 596 g/mol. The van der Waals surface area contributed by atoms with Gasteiger partial charge in [-0.2, -0.15) is 10.2 Å². The van der Waals surface area contributed by atoms with Gasteiger partial charge >= 0.3 is 5.69 Å². The van der Waals surface area contributed by atoms with Crippen LogP contribution in [0.3, 0.4) is 0 Å². The minimum Gasteiger partial charge on any atom is -0.491 e. The van der Waals surface area contributed by atoms with E-state index in [1.807, 2.05) is 31.2 Å². The average molecular weight is 597 g/mol. The summed E-state index contributed by atoms with van der Waals surface area (Å²) in [6, 6.07) is 7.68. The lowest BCUT2D eigenvalue weighted by atomic mass is 10.1. The molecule has 216 valence electrons. The molecule has 11 nitrogen and oxygen atoms in total. The van der Waals surface area contributed by atoms with Crippen molar-refractivity contribution in [1.82, 2.24) is 28.9 Å². The largest absolute Gasteiger partial charge is 0.491 e. The van der Waals surface area contributed by atoms with Crippen molar-refractivity contribution in [1.29, 1.82) is 0 Å². The summed E-state index contributed by atoms with van der Waals surface area (Å²) in [7, 11) is 1.62. The second kappa shape index (κ2) is 10.8. The van der Waals surface area contributed by atoms with E-state index in [-0.39, 0.29) is 17.2 Å². The van der Waals surface area contributed by atoms with E-state index < -0.39 is 16.8 Å². The Morgan fingerprint density at radius 3 is 2.54 bits per heavy atom. The minimum atomic E-state index is -1.19. The summed E-state index contributed by atoms with van der Waals surface area (Å²) in [6.45, 7) is 5.08. The summed E-state index contributed by atoms with van der Waals surface area (Å²) in [6.07, 6.45) is 6.54. The first-order valence-corrected chi connectivity index (χ1v) is 15.3. The Kier molecular flexibility index (Phi) is 7.28. The highest BCUT2D eigenvalue weighted by atomic mass is 32.2. The molecule has 2 fully saturated rings. The predicted molar refractivity (Wildman–Crippen MR) is 158 cm³/mol. The van der Waals surface area contributed by atoms with Crippen molar-refractivity contribution in [3.8, 4) is 10.8 Å². The molecule has 2 saturated carbocycles. The molecule has 0 spiro atoms. The van der Waals surface area contributed by atoms with Gasteiger partial charge in [-0.25, -0.2) is 9.36 Å². The number of ether oxygens (including phenoxy) is 2. The molecule has 2 aliphatic rings. The van der Waals surface area contributed by atoms with Crippen LogP contribution in [-0.4, -0.2) is 55.1 Å². The second-order valence-electron chi connectivity index (χ2n) is 10.8. The first-order chi connectivity index (χ1) is 19.8. The predicted octanol–water partition coefficient (Wildman–Crippen LogP) is 3.19. The van der Waals surface area contributed by atoms with Gasteiger partial charge in [-0.3, -0.25) is 18.9 Å². The number of nitrogens with zero attached hydrogens (tertiary/aromatic N) is 5. The maximum absolute atomic E-state index is 14.2.